The van der Waals surface area contributed by atoms with E-state index in [1.807, 2.05) is 0 Å². The number of carbonyl (C=O) groups excluding carboxylic acids is 1. The van der Waals surface area contributed by atoms with E-state index in [0.29, 0.717) is 28.3 Å². The highest BCUT2D eigenvalue weighted by Gasteiger charge is 2.46. The van der Waals surface area contributed by atoms with Crippen LogP contribution in [0.5, 0.6) is 0 Å². The van der Waals surface area contributed by atoms with Gasteiger partial charge in [0.2, 0.25) is 0 Å². The molecule has 3 aromatic rings. The third-order valence-corrected chi connectivity index (χ3v) is 7.03. The highest BCUT2D eigenvalue weighted by Crippen LogP contribution is 2.40. The molecule has 39 heavy (non-hydrogen) atoms. The number of halogens is 6. The second-order valence-corrected chi connectivity index (χ2v) is 9.91. The lowest BCUT2D eigenvalue weighted by molar-refractivity contribution is -0.143. The number of benzene rings is 3. The van der Waals surface area contributed by atoms with Crippen LogP contribution in [0, 0.1) is 0 Å². The Bertz CT molecular complexity index is 1290. The quantitative estimate of drug-likeness (QED) is 0.224. The van der Waals surface area contributed by atoms with Crippen LogP contribution in [0.25, 0.3) is 0 Å². The van der Waals surface area contributed by atoms with Crippen molar-refractivity contribution in [1.29, 1.82) is 0 Å². The fraction of sp³-hybridized carbons (Fsp3) is 0.296. The summed E-state index contributed by atoms with van der Waals surface area (Å²) in [5, 5.41) is 2.93. The molecule has 0 spiro atoms. The number of nitrogens with one attached hydrogen (secondary N) is 1. The zero-order valence-electron chi connectivity index (χ0n) is 20.8. The molecule has 0 radical (unpaired) electrons. The first-order valence-corrected chi connectivity index (χ1v) is 12.4. The molecule has 1 saturated heterocycles. The number of rotatable bonds is 8. The first-order chi connectivity index (χ1) is 18.3. The molecule has 12 heteroatoms. The standard InChI is InChI=1S/C27H24F6N2O3S/c1-17(18-12-20(26(28,29)30)14-21(13-18)27(31,32)33)38-16-25(19-8-4-3-5-9-19)15-35(24(36)34-25)22-10-6-7-11-23(22)39-37-2/h3-14,17H,15-16H2,1-2H3,(H,34,36)/t17-,25-/m1/s1. The monoisotopic (exact) mass is 570 g/mol. The number of amides is 2. The molecule has 0 bridgehead atoms. The van der Waals surface area contributed by atoms with Crippen molar-refractivity contribution in [3.63, 3.8) is 0 Å². The van der Waals surface area contributed by atoms with Crippen molar-refractivity contribution in [2.45, 2.75) is 35.8 Å². The van der Waals surface area contributed by atoms with Crippen LogP contribution in [0.15, 0.2) is 77.7 Å². The lowest BCUT2D eigenvalue weighted by Gasteiger charge is -2.31. The number of hydrogen-bond donors (Lipinski definition) is 1. The van der Waals surface area contributed by atoms with E-state index in [9.17, 15) is 31.1 Å². The van der Waals surface area contributed by atoms with Gasteiger partial charge in [0.05, 0.1) is 48.1 Å². The smallest absolute Gasteiger partial charge is 0.371 e. The number of ether oxygens (including phenoxy) is 1. The highest BCUT2D eigenvalue weighted by atomic mass is 32.2. The Balaban J connectivity index is 1.66. The molecule has 1 N–H and O–H groups in total. The van der Waals surface area contributed by atoms with Gasteiger partial charge in [0, 0.05) is 12.0 Å². The lowest BCUT2D eigenvalue weighted by Crippen LogP contribution is -2.45. The zero-order chi connectivity index (χ0) is 28.4. The van der Waals surface area contributed by atoms with Gasteiger partial charge in [-0.3, -0.25) is 4.90 Å². The first-order valence-electron chi connectivity index (χ1n) is 11.7. The maximum absolute atomic E-state index is 13.4. The van der Waals surface area contributed by atoms with E-state index in [1.54, 1.807) is 54.6 Å². The number of anilines is 1. The van der Waals surface area contributed by atoms with E-state index >= 15 is 0 Å². The Morgan fingerprint density at radius 2 is 1.54 bits per heavy atom. The number of alkyl halides is 6. The van der Waals surface area contributed by atoms with Gasteiger partial charge in [0.1, 0.15) is 5.54 Å². The number of hydrogen-bond acceptors (Lipinski definition) is 4. The average molecular weight is 571 g/mol. The maximum Gasteiger partial charge on any atom is 0.416 e. The van der Waals surface area contributed by atoms with Crippen molar-refractivity contribution in [2.75, 3.05) is 25.2 Å². The Kier molecular flexibility index (Phi) is 8.20. The molecule has 0 unspecified atom stereocenters. The molecule has 0 aromatic heterocycles. The predicted molar refractivity (Wildman–Crippen MR) is 134 cm³/mol. The van der Waals surface area contributed by atoms with Crippen LogP contribution in [0.4, 0.5) is 36.8 Å². The minimum atomic E-state index is -4.98. The fourth-order valence-electron chi connectivity index (χ4n) is 4.35. The number of carbonyl (C=O) groups is 1. The molecular weight excluding hydrogens is 546 g/mol. The summed E-state index contributed by atoms with van der Waals surface area (Å²) >= 11 is 1.07. The third-order valence-electron chi connectivity index (χ3n) is 6.33. The summed E-state index contributed by atoms with van der Waals surface area (Å²) in [6.45, 7) is 1.23. The summed E-state index contributed by atoms with van der Waals surface area (Å²) in [5.74, 6) is 0. The van der Waals surface area contributed by atoms with Crippen LogP contribution in [0.1, 0.15) is 35.3 Å². The van der Waals surface area contributed by atoms with Crippen LogP contribution in [-0.2, 0) is 26.8 Å². The van der Waals surface area contributed by atoms with E-state index in [2.05, 4.69) is 5.32 Å². The van der Waals surface area contributed by atoms with Gasteiger partial charge in [0.15, 0.2) is 0 Å². The molecule has 1 fully saturated rings. The summed E-state index contributed by atoms with van der Waals surface area (Å²) in [6, 6.07) is 16.8. The summed E-state index contributed by atoms with van der Waals surface area (Å²) in [4.78, 5) is 15.4. The summed E-state index contributed by atoms with van der Waals surface area (Å²) in [5.41, 5.74) is -3.05. The maximum atomic E-state index is 13.4. The SMILES string of the molecule is COSc1ccccc1N1C[C@@](CO[C@H](C)c2cc(C(F)(F)F)cc(C(F)(F)F)c2)(c2ccccc2)NC1=O. The minimum Gasteiger partial charge on any atom is -0.371 e. The topological polar surface area (TPSA) is 50.8 Å². The molecule has 208 valence electrons. The molecule has 3 aromatic carbocycles. The van der Waals surface area contributed by atoms with Crippen molar-refractivity contribution in [1.82, 2.24) is 5.32 Å². The molecule has 0 saturated carbocycles. The second-order valence-electron chi connectivity index (χ2n) is 8.97. The van der Waals surface area contributed by atoms with Crippen molar-refractivity contribution in [2.24, 2.45) is 0 Å². The van der Waals surface area contributed by atoms with E-state index < -0.39 is 41.2 Å². The molecule has 2 amide bonds. The van der Waals surface area contributed by atoms with Gasteiger partial charge in [-0.1, -0.05) is 42.5 Å². The van der Waals surface area contributed by atoms with Gasteiger partial charge in [-0.15, -0.1) is 0 Å². The molecule has 2 atom stereocenters. The van der Waals surface area contributed by atoms with E-state index in [4.69, 9.17) is 8.92 Å². The second kappa shape index (κ2) is 11.1. The molecule has 1 aliphatic rings. The van der Waals surface area contributed by atoms with Gasteiger partial charge < -0.3 is 14.2 Å². The lowest BCUT2D eigenvalue weighted by atomic mass is 9.91. The van der Waals surface area contributed by atoms with Crippen molar-refractivity contribution >= 4 is 23.8 Å². The number of para-hydroxylation sites is 1. The van der Waals surface area contributed by atoms with Gasteiger partial charge in [-0.2, -0.15) is 26.3 Å². The average Bonchev–Trinajstić information content (AvgIpc) is 3.24. The third kappa shape index (κ3) is 6.34. The predicted octanol–water partition coefficient (Wildman–Crippen LogP) is 7.58. The summed E-state index contributed by atoms with van der Waals surface area (Å²) in [6.07, 6.45) is -11.1. The molecule has 5 nitrogen and oxygen atoms in total. The van der Waals surface area contributed by atoms with Gasteiger partial charge in [-0.05, 0) is 48.4 Å². The van der Waals surface area contributed by atoms with Crippen molar-refractivity contribution in [3.8, 4) is 0 Å². The first kappa shape index (κ1) is 28.8. The van der Waals surface area contributed by atoms with Crippen LogP contribution in [0.3, 0.4) is 0 Å². The van der Waals surface area contributed by atoms with Crippen molar-refractivity contribution < 1.29 is 40.1 Å². The molecular formula is C27H24F6N2O3S. The van der Waals surface area contributed by atoms with Crippen LogP contribution in [0.2, 0.25) is 0 Å². The van der Waals surface area contributed by atoms with Crippen molar-refractivity contribution in [3.05, 3.63) is 95.1 Å². The summed E-state index contributed by atoms with van der Waals surface area (Å²) < 4.78 is 91.3. The van der Waals surface area contributed by atoms with Crippen LogP contribution < -0.4 is 10.2 Å². The van der Waals surface area contributed by atoms with Crippen LogP contribution >= 0.6 is 12.0 Å². The van der Waals surface area contributed by atoms with E-state index in [-0.39, 0.29) is 24.8 Å². The largest absolute Gasteiger partial charge is 0.416 e. The Morgan fingerprint density at radius 3 is 2.13 bits per heavy atom. The number of nitrogens with zero attached hydrogens (tertiary/aromatic N) is 1. The van der Waals surface area contributed by atoms with Crippen LogP contribution in [-0.4, -0.2) is 26.3 Å². The molecule has 4 rings (SSSR count). The van der Waals surface area contributed by atoms with Gasteiger partial charge >= 0.3 is 18.4 Å². The Morgan fingerprint density at radius 1 is 0.949 bits per heavy atom. The number of urea groups is 1. The zero-order valence-corrected chi connectivity index (χ0v) is 21.6. The highest BCUT2D eigenvalue weighted by molar-refractivity contribution is 7.94. The minimum absolute atomic E-state index is 0.0756. The Labute approximate surface area is 225 Å². The molecule has 0 aliphatic carbocycles. The molecule has 1 heterocycles. The van der Waals surface area contributed by atoms with E-state index in [1.165, 1.54) is 18.9 Å². The normalized spacial score (nSPS) is 18.8. The van der Waals surface area contributed by atoms with Gasteiger partial charge in [0.25, 0.3) is 0 Å². The summed E-state index contributed by atoms with van der Waals surface area (Å²) in [7, 11) is 1.49. The Hall–Kier alpha value is -3.22. The molecule has 1 aliphatic heterocycles. The van der Waals surface area contributed by atoms with Gasteiger partial charge in [-0.25, -0.2) is 4.79 Å². The van der Waals surface area contributed by atoms with E-state index in [0.717, 1.165) is 12.0 Å². The fourth-order valence-corrected chi connectivity index (χ4v) is 4.93.